The van der Waals surface area contributed by atoms with Crippen molar-refractivity contribution in [2.75, 3.05) is 5.73 Å². The first-order valence-electron chi connectivity index (χ1n) is 4.48. The van der Waals surface area contributed by atoms with E-state index in [0.717, 1.165) is 21.6 Å². The predicted molar refractivity (Wildman–Crippen MR) is 60.3 cm³/mol. The lowest BCUT2D eigenvalue weighted by Crippen LogP contribution is -1.83. The van der Waals surface area contributed by atoms with Gasteiger partial charge in [-0.2, -0.15) is 0 Å². The average molecular weight is 234 g/mol. The summed E-state index contributed by atoms with van der Waals surface area (Å²) in [6, 6.07) is 5.36. The van der Waals surface area contributed by atoms with Crippen LogP contribution in [0.5, 0.6) is 0 Å². The average Bonchev–Trinajstić information content (AvgIpc) is 2.81. The van der Waals surface area contributed by atoms with Crippen molar-refractivity contribution in [1.29, 1.82) is 0 Å². The molecule has 0 amide bonds. The summed E-state index contributed by atoms with van der Waals surface area (Å²) in [7, 11) is 0. The van der Waals surface area contributed by atoms with Gasteiger partial charge in [-0.15, -0.1) is 0 Å². The Morgan fingerprint density at radius 1 is 1.38 bits per heavy atom. The highest BCUT2D eigenvalue weighted by atomic mass is 32.1. The minimum atomic E-state index is -0.314. The molecule has 0 spiro atoms. The maximum absolute atomic E-state index is 11.0. The van der Waals surface area contributed by atoms with Crippen molar-refractivity contribution in [2.24, 2.45) is 0 Å². The number of nitrogens with two attached hydrogens (primary N) is 1. The molecule has 3 rings (SSSR count). The quantitative estimate of drug-likeness (QED) is 0.697. The van der Waals surface area contributed by atoms with Crippen LogP contribution in [-0.4, -0.2) is 5.16 Å². The molecule has 1 aromatic carbocycles. The molecule has 0 unspecified atom stereocenters. The lowest BCUT2D eigenvalue weighted by molar-refractivity contribution is 0.436. The third kappa shape index (κ3) is 1.31. The third-order valence-corrected chi connectivity index (χ3v) is 3.03. The molecule has 0 bridgehead atoms. The summed E-state index contributed by atoms with van der Waals surface area (Å²) in [5, 5.41) is 3.60. The van der Waals surface area contributed by atoms with E-state index >= 15 is 0 Å². The van der Waals surface area contributed by atoms with E-state index in [9.17, 15) is 4.79 Å². The molecule has 2 heterocycles. The smallest absolute Gasteiger partial charge is 0.396 e. The topological polar surface area (TPSA) is 82.3 Å². The second-order valence-corrected chi connectivity index (χ2v) is 4.20. The van der Waals surface area contributed by atoms with Crippen molar-refractivity contribution in [3.05, 3.63) is 34.1 Å². The Labute approximate surface area is 93.1 Å². The number of hydrogen-bond acceptors (Lipinski definition) is 6. The van der Waals surface area contributed by atoms with Crippen molar-refractivity contribution in [1.82, 2.24) is 5.16 Å². The Morgan fingerprint density at radius 2 is 2.25 bits per heavy atom. The van der Waals surface area contributed by atoms with E-state index in [4.69, 9.17) is 14.7 Å². The van der Waals surface area contributed by atoms with Crippen LogP contribution < -0.4 is 10.7 Å². The Bertz CT molecular complexity index is 710. The van der Waals surface area contributed by atoms with Gasteiger partial charge in [0.15, 0.2) is 0 Å². The fraction of sp³-hybridized carbons (Fsp3) is 0. The Kier molecular flexibility index (Phi) is 1.84. The van der Waals surface area contributed by atoms with Crippen LogP contribution in [0.25, 0.3) is 21.4 Å². The van der Waals surface area contributed by atoms with Gasteiger partial charge < -0.3 is 14.7 Å². The van der Waals surface area contributed by atoms with E-state index in [1.807, 2.05) is 6.07 Å². The second-order valence-electron chi connectivity index (χ2n) is 3.22. The number of fused-ring (bicyclic) bond motifs is 1. The highest BCUT2D eigenvalue weighted by Gasteiger charge is 2.09. The number of aromatic nitrogens is 1. The van der Waals surface area contributed by atoms with Crippen molar-refractivity contribution in [3.8, 4) is 11.1 Å². The van der Waals surface area contributed by atoms with Gasteiger partial charge in [0.2, 0.25) is 5.88 Å². The summed E-state index contributed by atoms with van der Waals surface area (Å²) >= 11 is 1.06. The summed E-state index contributed by atoms with van der Waals surface area (Å²) in [5.41, 5.74) is 7.75. The molecule has 0 saturated carbocycles. The molecule has 2 N–H and O–H groups in total. The SMILES string of the molecule is Nc1oncc1-c1ccc2oc(=O)sc2c1. The van der Waals surface area contributed by atoms with E-state index in [0.29, 0.717) is 11.1 Å². The van der Waals surface area contributed by atoms with Gasteiger partial charge >= 0.3 is 4.94 Å². The van der Waals surface area contributed by atoms with Crippen LogP contribution in [-0.2, 0) is 0 Å². The Morgan fingerprint density at radius 3 is 3.00 bits per heavy atom. The Balaban J connectivity index is 2.26. The van der Waals surface area contributed by atoms with Crippen molar-refractivity contribution < 1.29 is 8.94 Å². The fourth-order valence-electron chi connectivity index (χ4n) is 1.51. The lowest BCUT2D eigenvalue weighted by Gasteiger charge is -1.96. The number of nitrogen functional groups attached to an aromatic ring is 1. The fourth-order valence-corrected chi connectivity index (χ4v) is 2.21. The molecule has 0 saturated heterocycles. The number of anilines is 1. The van der Waals surface area contributed by atoms with Crippen LogP contribution in [0.3, 0.4) is 0 Å². The summed E-state index contributed by atoms with van der Waals surface area (Å²) < 4.78 is 10.5. The highest BCUT2D eigenvalue weighted by molar-refractivity contribution is 7.16. The van der Waals surface area contributed by atoms with Crippen LogP contribution in [0.4, 0.5) is 5.88 Å². The van der Waals surface area contributed by atoms with Crippen LogP contribution >= 0.6 is 11.3 Å². The van der Waals surface area contributed by atoms with Gasteiger partial charge in [0.1, 0.15) is 5.58 Å². The standard InChI is InChI=1S/C10H6N2O3S/c11-9-6(4-12-15-9)5-1-2-7-8(3-5)16-10(13)14-7/h1-4H,11H2. The van der Waals surface area contributed by atoms with Gasteiger partial charge in [-0.3, -0.25) is 0 Å². The lowest BCUT2D eigenvalue weighted by atomic mass is 10.1. The van der Waals surface area contributed by atoms with E-state index in [1.54, 1.807) is 18.3 Å². The number of hydrogen-bond donors (Lipinski definition) is 1. The molecular weight excluding hydrogens is 228 g/mol. The zero-order valence-corrected chi connectivity index (χ0v) is 8.78. The summed E-state index contributed by atoms with van der Waals surface area (Å²) in [5.74, 6) is 0.259. The number of rotatable bonds is 1. The van der Waals surface area contributed by atoms with Gasteiger partial charge in [0.05, 0.1) is 16.5 Å². The molecule has 0 fully saturated rings. The van der Waals surface area contributed by atoms with Crippen LogP contribution in [0, 0.1) is 0 Å². The maximum Gasteiger partial charge on any atom is 0.396 e. The van der Waals surface area contributed by atoms with E-state index < -0.39 is 0 Å². The van der Waals surface area contributed by atoms with Gasteiger partial charge in [0, 0.05) is 0 Å². The Hall–Kier alpha value is -2.08. The van der Waals surface area contributed by atoms with Crippen molar-refractivity contribution in [2.45, 2.75) is 0 Å². The van der Waals surface area contributed by atoms with Crippen molar-refractivity contribution in [3.63, 3.8) is 0 Å². The molecule has 0 aliphatic carbocycles. The largest absolute Gasteiger partial charge is 0.414 e. The van der Waals surface area contributed by atoms with Gasteiger partial charge in [-0.1, -0.05) is 22.6 Å². The molecule has 0 aliphatic rings. The first-order chi connectivity index (χ1) is 7.74. The zero-order chi connectivity index (χ0) is 11.1. The van der Waals surface area contributed by atoms with Crippen molar-refractivity contribution >= 4 is 27.5 Å². The van der Waals surface area contributed by atoms with Gasteiger partial charge in [-0.05, 0) is 17.7 Å². The van der Waals surface area contributed by atoms with Crippen LogP contribution in [0.2, 0.25) is 0 Å². The third-order valence-electron chi connectivity index (χ3n) is 2.24. The minimum Gasteiger partial charge on any atom is -0.414 e. The molecule has 0 atom stereocenters. The van der Waals surface area contributed by atoms with E-state index in [-0.39, 0.29) is 10.8 Å². The predicted octanol–water partition coefficient (Wildman–Crippen LogP) is 2.09. The first-order valence-corrected chi connectivity index (χ1v) is 5.30. The molecule has 0 radical (unpaired) electrons. The monoisotopic (exact) mass is 234 g/mol. The van der Waals surface area contributed by atoms with E-state index in [1.165, 1.54) is 0 Å². The summed E-state index contributed by atoms with van der Waals surface area (Å²) in [4.78, 5) is 10.7. The van der Waals surface area contributed by atoms with Gasteiger partial charge in [-0.25, -0.2) is 4.79 Å². The first kappa shape index (κ1) is 9.17. The molecule has 5 nitrogen and oxygen atoms in total. The second kappa shape index (κ2) is 3.21. The molecule has 0 aliphatic heterocycles. The molecule has 2 aromatic heterocycles. The maximum atomic E-state index is 11.0. The molecule has 6 heteroatoms. The number of benzene rings is 1. The van der Waals surface area contributed by atoms with Crippen LogP contribution in [0.15, 0.2) is 38.1 Å². The highest BCUT2D eigenvalue weighted by Crippen LogP contribution is 2.29. The van der Waals surface area contributed by atoms with Gasteiger partial charge in [0.25, 0.3) is 0 Å². The summed E-state index contributed by atoms with van der Waals surface area (Å²) in [6.45, 7) is 0. The molecular formula is C10H6N2O3S. The summed E-state index contributed by atoms with van der Waals surface area (Å²) in [6.07, 6.45) is 1.54. The number of nitrogens with zero attached hydrogens (tertiary/aromatic N) is 1. The molecule has 3 aromatic rings. The normalized spacial score (nSPS) is 11.0. The van der Waals surface area contributed by atoms with E-state index in [2.05, 4.69) is 5.16 Å². The minimum absolute atomic E-state index is 0.259. The molecule has 80 valence electrons. The molecule has 16 heavy (non-hydrogen) atoms. The zero-order valence-electron chi connectivity index (χ0n) is 7.97. The van der Waals surface area contributed by atoms with Crippen LogP contribution in [0.1, 0.15) is 0 Å².